The second kappa shape index (κ2) is 7.77. The summed E-state index contributed by atoms with van der Waals surface area (Å²) in [5.74, 6) is 0.272. The molecule has 0 aliphatic carbocycles. The first kappa shape index (κ1) is 18.7. The van der Waals surface area contributed by atoms with Gasteiger partial charge in [0.1, 0.15) is 5.56 Å². The zero-order valence-corrected chi connectivity index (χ0v) is 16.4. The minimum atomic E-state index is -0.261. The number of fused-ring (bicyclic) bond motifs is 1. The molecule has 3 aromatic rings. The Labute approximate surface area is 168 Å². The Morgan fingerprint density at radius 2 is 2.14 bits per heavy atom. The van der Waals surface area contributed by atoms with Gasteiger partial charge in [-0.2, -0.15) is 5.10 Å². The molecule has 2 aromatic heterocycles. The third kappa shape index (κ3) is 3.68. The van der Waals surface area contributed by atoms with E-state index in [9.17, 15) is 4.79 Å². The van der Waals surface area contributed by atoms with Gasteiger partial charge in [0.05, 0.1) is 17.6 Å². The van der Waals surface area contributed by atoms with E-state index in [1.54, 1.807) is 29.0 Å². The van der Waals surface area contributed by atoms with E-state index >= 15 is 0 Å². The number of rotatable bonds is 4. The molecule has 1 saturated heterocycles. The fourth-order valence-electron chi connectivity index (χ4n) is 3.73. The van der Waals surface area contributed by atoms with Gasteiger partial charge in [-0.1, -0.05) is 11.6 Å². The molecule has 28 heavy (non-hydrogen) atoms. The smallest absolute Gasteiger partial charge is 0.261 e. The highest BCUT2D eigenvalue weighted by Crippen LogP contribution is 2.33. The largest absolute Gasteiger partial charge is 0.370 e. The lowest BCUT2D eigenvalue weighted by Crippen LogP contribution is -2.40. The van der Waals surface area contributed by atoms with Crippen molar-refractivity contribution in [1.29, 1.82) is 0 Å². The number of carbonyl (C=O) groups excluding carboxylic acids is 1. The van der Waals surface area contributed by atoms with Crippen molar-refractivity contribution in [2.24, 2.45) is 11.7 Å². The third-order valence-corrected chi connectivity index (χ3v) is 5.59. The van der Waals surface area contributed by atoms with Crippen molar-refractivity contribution in [3.8, 4) is 0 Å². The first-order valence-corrected chi connectivity index (χ1v) is 9.80. The Morgan fingerprint density at radius 3 is 2.89 bits per heavy atom. The maximum absolute atomic E-state index is 12.9. The summed E-state index contributed by atoms with van der Waals surface area (Å²) in [5.41, 5.74) is 8.64. The summed E-state index contributed by atoms with van der Waals surface area (Å²) in [6.07, 6.45) is 6.99. The van der Waals surface area contributed by atoms with Gasteiger partial charge >= 0.3 is 0 Å². The zero-order chi connectivity index (χ0) is 19.7. The zero-order valence-electron chi connectivity index (χ0n) is 15.7. The summed E-state index contributed by atoms with van der Waals surface area (Å²) in [6.45, 7) is 3.86. The number of carbonyl (C=O) groups is 1. The van der Waals surface area contributed by atoms with Crippen LogP contribution in [0.25, 0.3) is 5.65 Å². The normalized spacial score (nSPS) is 16.3. The lowest BCUT2D eigenvalue weighted by molar-refractivity contribution is 0.102. The summed E-state index contributed by atoms with van der Waals surface area (Å²) in [5, 5.41) is 7.75. The average Bonchev–Trinajstić information content (AvgIpc) is 3.12. The molecule has 1 aliphatic heterocycles. The number of benzene rings is 1. The summed E-state index contributed by atoms with van der Waals surface area (Å²) >= 11 is 6.21. The maximum Gasteiger partial charge on any atom is 0.261 e. The van der Waals surface area contributed by atoms with Crippen LogP contribution in [0.4, 0.5) is 11.4 Å². The minimum absolute atomic E-state index is 0.203. The molecule has 7 nitrogen and oxygen atoms in total. The molecule has 1 aromatic carbocycles. The fourth-order valence-corrected chi connectivity index (χ4v) is 3.90. The standard InChI is InChI=1S/C20H23ClN6O/c1-13(22)14-5-9-26(10-6-14)18-4-3-15(21)11-17(18)25-20(28)16-12-24-27-8-2-7-23-19(16)27/h2-4,7-8,11-14H,5-6,9-10,22H2,1H3,(H,25,28). The molecule has 0 saturated carbocycles. The number of amides is 1. The Morgan fingerprint density at radius 1 is 1.36 bits per heavy atom. The molecule has 0 radical (unpaired) electrons. The average molecular weight is 399 g/mol. The van der Waals surface area contributed by atoms with Gasteiger partial charge in [-0.05, 0) is 49.9 Å². The number of hydrogen-bond donors (Lipinski definition) is 2. The van der Waals surface area contributed by atoms with Crippen molar-refractivity contribution < 1.29 is 4.79 Å². The number of nitrogens with one attached hydrogen (secondary N) is 1. The molecule has 1 atom stereocenters. The van der Waals surface area contributed by atoms with Gasteiger partial charge in [0.25, 0.3) is 5.91 Å². The molecule has 4 rings (SSSR count). The SMILES string of the molecule is CC(N)C1CCN(c2ccc(Cl)cc2NC(=O)c2cnn3cccnc23)CC1. The predicted octanol–water partition coefficient (Wildman–Crippen LogP) is 3.20. The van der Waals surface area contributed by atoms with Gasteiger partial charge in [-0.3, -0.25) is 4.79 Å². The van der Waals surface area contributed by atoms with Crippen molar-refractivity contribution in [2.45, 2.75) is 25.8 Å². The van der Waals surface area contributed by atoms with E-state index in [0.29, 0.717) is 27.8 Å². The number of aromatic nitrogens is 3. The highest BCUT2D eigenvalue weighted by molar-refractivity contribution is 6.31. The monoisotopic (exact) mass is 398 g/mol. The Bertz CT molecular complexity index is 993. The van der Waals surface area contributed by atoms with Gasteiger partial charge in [0.2, 0.25) is 0 Å². The van der Waals surface area contributed by atoms with Crippen molar-refractivity contribution in [1.82, 2.24) is 14.6 Å². The Hall–Kier alpha value is -2.64. The van der Waals surface area contributed by atoms with Crippen LogP contribution >= 0.6 is 11.6 Å². The van der Waals surface area contributed by atoms with E-state index in [-0.39, 0.29) is 11.9 Å². The van der Waals surface area contributed by atoms with Gasteiger partial charge in [0, 0.05) is 36.5 Å². The highest BCUT2D eigenvalue weighted by Gasteiger charge is 2.24. The van der Waals surface area contributed by atoms with E-state index in [1.165, 1.54) is 6.20 Å². The van der Waals surface area contributed by atoms with E-state index in [4.69, 9.17) is 17.3 Å². The van der Waals surface area contributed by atoms with Crippen LogP contribution in [-0.2, 0) is 0 Å². The topological polar surface area (TPSA) is 88.5 Å². The van der Waals surface area contributed by atoms with Crippen molar-refractivity contribution in [3.05, 3.63) is 53.4 Å². The van der Waals surface area contributed by atoms with E-state index in [1.807, 2.05) is 12.1 Å². The molecule has 146 valence electrons. The van der Waals surface area contributed by atoms with Crippen LogP contribution in [0.3, 0.4) is 0 Å². The van der Waals surface area contributed by atoms with Crippen LogP contribution in [0.1, 0.15) is 30.1 Å². The first-order valence-electron chi connectivity index (χ1n) is 9.42. The van der Waals surface area contributed by atoms with Crippen LogP contribution in [0.15, 0.2) is 42.9 Å². The number of halogens is 1. The predicted molar refractivity (Wildman–Crippen MR) is 111 cm³/mol. The molecular weight excluding hydrogens is 376 g/mol. The quantitative estimate of drug-likeness (QED) is 0.704. The van der Waals surface area contributed by atoms with Crippen LogP contribution < -0.4 is 16.0 Å². The lowest BCUT2D eigenvalue weighted by atomic mass is 9.90. The summed E-state index contributed by atoms with van der Waals surface area (Å²) in [7, 11) is 0. The molecular formula is C20H23ClN6O. The second-order valence-electron chi connectivity index (χ2n) is 7.25. The molecule has 1 fully saturated rings. The number of anilines is 2. The third-order valence-electron chi connectivity index (χ3n) is 5.35. The van der Waals surface area contributed by atoms with Gasteiger partial charge in [-0.25, -0.2) is 9.50 Å². The molecule has 8 heteroatoms. The molecule has 0 spiro atoms. The lowest BCUT2D eigenvalue weighted by Gasteiger charge is -2.36. The summed E-state index contributed by atoms with van der Waals surface area (Å²) in [6, 6.07) is 7.56. The molecule has 0 bridgehead atoms. The van der Waals surface area contributed by atoms with Crippen molar-refractivity contribution >= 4 is 34.5 Å². The number of nitrogens with zero attached hydrogens (tertiary/aromatic N) is 4. The summed E-state index contributed by atoms with van der Waals surface area (Å²) in [4.78, 5) is 19.4. The van der Waals surface area contributed by atoms with Crippen molar-refractivity contribution in [3.63, 3.8) is 0 Å². The van der Waals surface area contributed by atoms with E-state index in [0.717, 1.165) is 31.6 Å². The maximum atomic E-state index is 12.9. The van der Waals surface area contributed by atoms with Gasteiger partial charge in [0.15, 0.2) is 5.65 Å². The molecule has 1 amide bonds. The van der Waals surface area contributed by atoms with Crippen molar-refractivity contribution in [2.75, 3.05) is 23.3 Å². The van der Waals surface area contributed by atoms with Gasteiger partial charge in [-0.15, -0.1) is 0 Å². The van der Waals surface area contributed by atoms with Crippen LogP contribution in [-0.4, -0.2) is 39.6 Å². The van der Waals surface area contributed by atoms with Crippen LogP contribution in [0, 0.1) is 5.92 Å². The Kier molecular flexibility index (Phi) is 5.19. The number of piperidine rings is 1. The number of nitrogens with two attached hydrogens (primary N) is 1. The molecule has 1 unspecified atom stereocenters. The van der Waals surface area contributed by atoms with Crippen LogP contribution in [0.2, 0.25) is 5.02 Å². The molecule has 3 heterocycles. The van der Waals surface area contributed by atoms with E-state index in [2.05, 4.69) is 27.2 Å². The van der Waals surface area contributed by atoms with Crippen LogP contribution in [0.5, 0.6) is 0 Å². The summed E-state index contributed by atoms with van der Waals surface area (Å²) < 4.78 is 1.58. The molecule has 3 N–H and O–H groups in total. The van der Waals surface area contributed by atoms with Gasteiger partial charge < -0.3 is 16.0 Å². The Balaban J connectivity index is 1.58. The second-order valence-corrected chi connectivity index (χ2v) is 7.68. The highest BCUT2D eigenvalue weighted by atomic mass is 35.5. The molecule has 1 aliphatic rings. The van der Waals surface area contributed by atoms with E-state index < -0.39 is 0 Å². The number of hydrogen-bond acceptors (Lipinski definition) is 5. The fraction of sp³-hybridized carbons (Fsp3) is 0.350. The first-order chi connectivity index (χ1) is 13.5. The minimum Gasteiger partial charge on any atom is -0.370 e.